The highest BCUT2D eigenvalue weighted by atomic mass is 19.1. The van der Waals surface area contributed by atoms with Gasteiger partial charge in [-0.1, -0.05) is 64.1 Å². The minimum Gasteiger partial charge on any atom is -0.278 e. The minimum atomic E-state index is -0.574. The molecule has 7 rings (SSSR count). The molecule has 7 heteroatoms. The van der Waals surface area contributed by atoms with Gasteiger partial charge in [-0.2, -0.15) is 5.26 Å². The van der Waals surface area contributed by atoms with Gasteiger partial charge in [0.1, 0.15) is 29.3 Å². The third-order valence-corrected chi connectivity index (χ3v) is 8.87. The molecule has 0 N–H and O–H groups in total. The van der Waals surface area contributed by atoms with Crippen LogP contribution >= 0.6 is 0 Å². The van der Waals surface area contributed by atoms with Gasteiger partial charge >= 0.3 is 0 Å². The third kappa shape index (κ3) is 3.72. The van der Waals surface area contributed by atoms with Crippen molar-refractivity contribution in [2.45, 2.75) is 38.5 Å². The summed E-state index contributed by atoms with van der Waals surface area (Å²) in [5.41, 5.74) is 6.91. The molecule has 5 nitrogen and oxygen atoms in total. The fourth-order valence-corrected chi connectivity index (χ4v) is 6.46. The van der Waals surface area contributed by atoms with E-state index >= 15 is 0 Å². The molecule has 43 heavy (non-hydrogen) atoms. The van der Waals surface area contributed by atoms with Crippen LogP contribution in [0.1, 0.15) is 55.5 Å². The summed E-state index contributed by atoms with van der Waals surface area (Å²) in [7, 11) is 0. The molecule has 0 fully saturated rings. The molecule has 0 aliphatic carbocycles. The monoisotopic (exact) mass is 565 g/mol. The van der Waals surface area contributed by atoms with Crippen LogP contribution in [0.2, 0.25) is 0 Å². The van der Waals surface area contributed by atoms with Gasteiger partial charge in [-0.25, -0.2) is 23.6 Å². The lowest BCUT2D eigenvalue weighted by Gasteiger charge is -2.48. The van der Waals surface area contributed by atoms with E-state index in [1.165, 1.54) is 24.3 Å². The van der Waals surface area contributed by atoms with E-state index in [4.69, 9.17) is 16.5 Å². The van der Waals surface area contributed by atoms with Crippen LogP contribution in [0.5, 0.6) is 0 Å². The molecule has 0 atom stereocenters. The summed E-state index contributed by atoms with van der Waals surface area (Å²) < 4.78 is 28.4. The van der Waals surface area contributed by atoms with Gasteiger partial charge in [-0.3, -0.25) is 4.90 Å². The van der Waals surface area contributed by atoms with Crippen LogP contribution in [-0.2, 0) is 10.8 Å². The molecule has 2 aliphatic heterocycles. The molecular weight excluding hydrogens is 540 g/mol. The van der Waals surface area contributed by atoms with E-state index in [0.717, 1.165) is 27.9 Å². The van der Waals surface area contributed by atoms with Crippen LogP contribution in [0.4, 0.5) is 31.8 Å². The second-order valence-corrected chi connectivity index (χ2v) is 12.0. The number of nitriles is 1. The second-order valence-electron chi connectivity index (χ2n) is 12.0. The van der Waals surface area contributed by atoms with Gasteiger partial charge < -0.3 is 0 Å². The van der Waals surface area contributed by atoms with Crippen molar-refractivity contribution in [1.29, 1.82) is 5.26 Å². The Morgan fingerprint density at radius 3 is 1.79 bits per heavy atom. The Kier molecular flexibility index (Phi) is 5.58. The zero-order chi connectivity index (χ0) is 30.3. The van der Waals surface area contributed by atoms with Gasteiger partial charge in [-0.05, 0) is 59.2 Å². The number of hydrogen-bond acceptors (Lipinski definition) is 4. The molecule has 0 amide bonds. The molecule has 0 radical (unpaired) electrons. The Morgan fingerprint density at radius 2 is 1.26 bits per heavy atom. The first kappa shape index (κ1) is 26.5. The van der Waals surface area contributed by atoms with E-state index in [0.29, 0.717) is 34.2 Å². The summed E-state index contributed by atoms with van der Waals surface area (Å²) in [5, 5.41) is 9.44. The van der Waals surface area contributed by atoms with Gasteiger partial charge in [0.15, 0.2) is 0 Å². The van der Waals surface area contributed by atoms with E-state index in [-0.39, 0.29) is 11.3 Å². The van der Waals surface area contributed by atoms with Crippen molar-refractivity contribution in [1.82, 2.24) is 9.97 Å². The van der Waals surface area contributed by atoms with E-state index < -0.39 is 22.5 Å². The number of fused-ring (bicyclic) bond motifs is 4. The third-order valence-electron chi connectivity index (χ3n) is 8.87. The Labute approximate surface area is 248 Å². The number of anilines is 3. The van der Waals surface area contributed by atoms with Crippen LogP contribution in [0.3, 0.4) is 0 Å². The number of nitrogens with zero attached hydrogens (tertiary/aromatic N) is 5. The maximum Gasteiger partial charge on any atom is 0.222 e. The summed E-state index contributed by atoms with van der Waals surface area (Å²) >= 11 is 0. The van der Waals surface area contributed by atoms with E-state index in [9.17, 15) is 14.0 Å². The number of hydrogen-bond donors (Lipinski definition) is 0. The highest BCUT2D eigenvalue weighted by molar-refractivity contribution is 5.91. The molecule has 5 aromatic rings. The predicted molar refractivity (Wildman–Crippen MR) is 163 cm³/mol. The van der Waals surface area contributed by atoms with Gasteiger partial charge in [0, 0.05) is 27.5 Å². The maximum atomic E-state index is 14.2. The number of benzene rings is 3. The van der Waals surface area contributed by atoms with Crippen LogP contribution in [-0.4, -0.2) is 9.97 Å². The highest BCUT2D eigenvalue weighted by Gasteiger charge is 2.46. The Bertz CT molecular complexity index is 1950. The highest BCUT2D eigenvalue weighted by Crippen LogP contribution is 2.59. The largest absolute Gasteiger partial charge is 0.278 e. The SMILES string of the molecule is [C-]#[N+]c1cc(-c2ccc3c(n2)N2c4nc(-c5ccc(F)c(C#N)c5)ccc4C(C)(C)c4cccc(c42)C3(C)C)ccc1F. The number of para-hydroxylation sites is 1. The maximum absolute atomic E-state index is 14.2. The van der Waals surface area contributed by atoms with Crippen LogP contribution < -0.4 is 4.90 Å². The van der Waals surface area contributed by atoms with Crippen molar-refractivity contribution in [2.75, 3.05) is 4.90 Å². The van der Waals surface area contributed by atoms with Crippen molar-refractivity contribution in [3.8, 4) is 28.6 Å². The summed E-state index contributed by atoms with van der Waals surface area (Å²) in [5.74, 6) is 0.262. The Balaban J connectivity index is 1.51. The summed E-state index contributed by atoms with van der Waals surface area (Å²) in [6, 6.07) is 25.1. The quantitative estimate of drug-likeness (QED) is 0.200. The van der Waals surface area contributed by atoms with Crippen molar-refractivity contribution in [3.63, 3.8) is 0 Å². The first-order chi connectivity index (χ1) is 20.6. The Hall–Kier alpha value is -5.40. The van der Waals surface area contributed by atoms with Crippen molar-refractivity contribution in [3.05, 3.63) is 130 Å². The number of aromatic nitrogens is 2. The van der Waals surface area contributed by atoms with Crippen LogP contribution in [0.15, 0.2) is 78.9 Å². The average molecular weight is 566 g/mol. The molecule has 0 saturated heterocycles. The zero-order valence-electron chi connectivity index (χ0n) is 24.0. The number of halogens is 2. The van der Waals surface area contributed by atoms with Crippen molar-refractivity contribution < 1.29 is 8.78 Å². The van der Waals surface area contributed by atoms with Crippen LogP contribution in [0, 0.1) is 29.5 Å². The lowest BCUT2D eigenvalue weighted by molar-refractivity contribution is 0.591. The fourth-order valence-electron chi connectivity index (χ4n) is 6.46. The molecule has 208 valence electrons. The summed E-state index contributed by atoms with van der Waals surface area (Å²) in [6.45, 7) is 16.1. The van der Waals surface area contributed by atoms with E-state index in [1.807, 2.05) is 24.3 Å². The normalized spacial score (nSPS) is 15.0. The van der Waals surface area contributed by atoms with Crippen molar-refractivity contribution in [2.24, 2.45) is 0 Å². The van der Waals surface area contributed by atoms with Crippen molar-refractivity contribution >= 4 is 23.0 Å². The van der Waals surface area contributed by atoms with Gasteiger partial charge in [0.05, 0.1) is 29.2 Å². The zero-order valence-corrected chi connectivity index (χ0v) is 24.0. The van der Waals surface area contributed by atoms with Gasteiger partial charge in [-0.15, -0.1) is 0 Å². The molecule has 3 aromatic carbocycles. The lowest BCUT2D eigenvalue weighted by atomic mass is 9.67. The Morgan fingerprint density at radius 1 is 0.721 bits per heavy atom. The number of pyridine rings is 2. The topological polar surface area (TPSA) is 57.2 Å². The smallest absolute Gasteiger partial charge is 0.222 e. The molecule has 0 bridgehead atoms. The molecule has 2 aromatic heterocycles. The fraction of sp³-hybridized carbons (Fsp3) is 0.167. The molecule has 4 heterocycles. The first-order valence-corrected chi connectivity index (χ1v) is 13.9. The standard InChI is InChI=1S/C36H25F2N5/c1-35(2)23-7-6-8-24-32(23)43(33-25(35)11-15-29(41-33)20-9-13-27(37)22(17-20)19-39)34-26(36(24,3)4)12-16-30(42-34)21-10-14-28(38)31(18-21)40-5/h6-18H,1-4H3. The van der Waals surface area contributed by atoms with Crippen LogP contribution in [0.25, 0.3) is 27.4 Å². The van der Waals surface area contributed by atoms with Gasteiger partial charge in [0.25, 0.3) is 0 Å². The molecular formula is C36H25F2N5. The molecule has 0 saturated carbocycles. The first-order valence-electron chi connectivity index (χ1n) is 13.9. The number of rotatable bonds is 2. The van der Waals surface area contributed by atoms with E-state index in [1.54, 1.807) is 12.1 Å². The average Bonchev–Trinajstić information content (AvgIpc) is 3.00. The minimum absolute atomic E-state index is 0.0422. The van der Waals surface area contributed by atoms with Gasteiger partial charge in [0.2, 0.25) is 5.69 Å². The predicted octanol–water partition coefficient (Wildman–Crippen LogP) is 9.26. The van der Waals surface area contributed by atoms with E-state index in [2.05, 4.69) is 61.7 Å². The molecule has 0 unspecified atom stereocenters. The molecule has 2 aliphatic rings. The summed E-state index contributed by atoms with van der Waals surface area (Å²) in [4.78, 5) is 15.8. The lowest BCUT2D eigenvalue weighted by Crippen LogP contribution is -2.39. The second kappa shape index (κ2) is 9.05. The molecule has 0 spiro atoms. The summed E-state index contributed by atoms with van der Waals surface area (Å²) in [6.07, 6.45) is 0.